The molecular formula is C12H11N3S. The maximum atomic E-state index is 8.94. The van der Waals surface area contributed by atoms with Gasteiger partial charge in [-0.05, 0) is 41.4 Å². The molecule has 2 aromatic rings. The number of hydrogen-bond donors (Lipinski definition) is 1. The van der Waals surface area contributed by atoms with Crippen molar-refractivity contribution in [2.75, 3.05) is 5.32 Å². The molecule has 80 valence electrons. The van der Waals surface area contributed by atoms with Crippen molar-refractivity contribution in [1.82, 2.24) is 4.98 Å². The lowest BCUT2D eigenvalue weighted by Crippen LogP contribution is -2.03. The van der Waals surface area contributed by atoms with E-state index in [0.29, 0.717) is 17.9 Å². The summed E-state index contributed by atoms with van der Waals surface area (Å²) in [6, 6.07) is 7.82. The van der Waals surface area contributed by atoms with Crippen molar-refractivity contribution in [2.24, 2.45) is 0 Å². The van der Waals surface area contributed by atoms with Crippen LogP contribution in [0.3, 0.4) is 0 Å². The molecule has 0 radical (unpaired) electrons. The Morgan fingerprint density at radius 3 is 3.00 bits per heavy atom. The number of thiophene rings is 1. The van der Waals surface area contributed by atoms with Crippen LogP contribution in [0, 0.1) is 18.3 Å². The van der Waals surface area contributed by atoms with Gasteiger partial charge in [-0.15, -0.1) is 0 Å². The molecule has 2 heterocycles. The van der Waals surface area contributed by atoms with Crippen molar-refractivity contribution < 1.29 is 0 Å². The first kappa shape index (κ1) is 10.7. The maximum Gasteiger partial charge on any atom is 0.144 e. The van der Waals surface area contributed by atoms with Crippen LogP contribution in [-0.2, 0) is 6.54 Å². The van der Waals surface area contributed by atoms with E-state index in [1.165, 1.54) is 5.56 Å². The summed E-state index contributed by atoms with van der Waals surface area (Å²) >= 11 is 1.66. The van der Waals surface area contributed by atoms with Crippen LogP contribution in [0.25, 0.3) is 0 Å². The second kappa shape index (κ2) is 4.77. The van der Waals surface area contributed by atoms with Crippen LogP contribution in [-0.4, -0.2) is 4.98 Å². The van der Waals surface area contributed by atoms with E-state index in [9.17, 15) is 0 Å². The summed E-state index contributed by atoms with van der Waals surface area (Å²) in [5, 5.41) is 16.2. The van der Waals surface area contributed by atoms with Gasteiger partial charge in [0.1, 0.15) is 11.9 Å². The third kappa shape index (κ3) is 2.38. The fraction of sp³-hybridized carbons (Fsp3) is 0.167. The highest BCUT2D eigenvalue weighted by Crippen LogP contribution is 2.14. The first-order chi connectivity index (χ1) is 7.79. The van der Waals surface area contributed by atoms with E-state index < -0.39 is 0 Å². The molecule has 0 bridgehead atoms. The molecule has 1 N–H and O–H groups in total. The third-order valence-electron chi connectivity index (χ3n) is 2.19. The Labute approximate surface area is 98.4 Å². The lowest BCUT2D eigenvalue weighted by Gasteiger charge is -2.06. The molecule has 0 atom stereocenters. The highest BCUT2D eigenvalue weighted by Gasteiger charge is 2.03. The second-order valence-corrected chi connectivity index (χ2v) is 4.23. The third-order valence-corrected chi connectivity index (χ3v) is 2.93. The van der Waals surface area contributed by atoms with E-state index in [-0.39, 0.29) is 0 Å². The van der Waals surface area contributed by atoms with Crippen LogP contribution in [0.5, 0.6) is 0 Å². The number of hydrogen-bond acceptors (Lipinski definition) is 4. The summed E-state index contributed by atoms with van der Waals surface area (Å²) in [4.78, 5) is 4.31. The van der Waals surface area contributed by atoms with Crippen molar-refractivity contribution in [1.29, 1.82) is 5.26 Å². The average Bonchev–Trinajstić information content (AvgIpc) is 2.79. The first-order valence-electron chi connectivity index (χ1n) is 4.92. The second-order valence-electron chi connectivity index (χ2n) is 3.45. The molecule has 4 heteroatoms. The highest BCUT2D eigenvalue weighted by atomic mass is 32.1. The summed E-state index contributed by atoms with van der Waals surface area (Å²) in [6.07, 6.45) is 0. The van der Waals surface area contributed by atoms with Crippen molar-refractivity contribution in [2.45, 2.75) is 13.5 Å². The van der Waals surface area contributed by atoms with Gasteiger partial charge in [0.2, 0.25) is 0 Å². The zero-order valence-electron chi connectivity index (χ0n) is 8.90. The number of pyridine rings is 1. The lowest BCUT2D eigenvalue weighted by atomic mass is 10.2. The number of nitriles is 1. The molecule has 0 unspecified atom stereocenters. The predicted molar refractivity (Wildman–Crippen MR) is 65.3 cm³/mol. The lowest BCUT2D eigenvalue weighted by molar-refractivity contribution is 1.09. The molecule has 0 saturated heterocycles. The Bertz CT molecular complexity index is 512. The van der Waals surface area contributed by atoms with Gasteiger partial charge in [-0.1, -0.05) is 0 Å². The number of anilines is 1. The standard InChI is InChI=1S/C12H11N3S/c1-9-2-3-11(6-13)12(15-9)14-7-10-4-5-16-8-10/h2-5,8H,7H2,1H3,(H,14,15). The van der Waals surface area contributed by atoms with E-state index in [0.717, 1.165) is 5.69 Å². The zero-order chi connectivity index (χ0) is 11.4. The Morgan fingerprint density at radius 2 is 2.31 bits per heavy atom. The van der Waals surface area contributed by atoms with Crippen molar-refractivity contribution >= 4 is 17.2 Å². The van der Waals surface area contributed by atoms with Crippen LogP contribution in [0.1, 0.15) is 16.8 Å². The summed E-state index contributed by atoms with van der Waals surface area (Å²) in [7, 11) is 0. The molecule has 0 saturated carbocycles. The molecule has 0 amide bonds. The van der Waals surface area contributed by atoms with E-state index >= 15 is 0 Å². The van der Waals surface area contributed by atoms with E-state index in [1.54, 1.807) is 17.4 Å². The minimum absolute atomic E-state index is 0.584. The molecule has 0 aliphatic carbocycles. The Morgan fingerprint density at radius 1 is 1.44 bits per heavy atom. The first-order valence-corrected chi connectivity index (χ1v) is 5.86. The van der Waals surface area contributed by atoms with Gasteiger partial charge in [-0.25, -0.2) is 4.98 Å². The minimum atomic E-state index is 0.584. The van der Waals surface area contributed by atoms with Crippen molar-refractivity contribution in [3.63, 3.8) is 0 Å². The number of aromatic nitrogens is 1. The molecule has 0 fully saturated rings. The smallest absolute Gasteiger partial charge is 0.144 e. The van der Waals surface area contributed by atoms with Gasteiger partial charge in [0.15, 0.2) is 0 Å². The van der Waals surface area contributed by atoms with E-state index in [4.69, 9.17) is 5.26 Å². The van der Waals surface area contributed by atoms with Crippen molar-refractivity contribution in [3.8, 4) is 6.07 Å². The molecule has 0 aliphatic rings. The van der Waals surface area contributed by atoms with Gasteiger partial charge in [0.05, 0.1) is 5.56 Å². The molecule has 3 nitrogen and oxygen atoms in total. The van der Waals surface area contributed by atoms with Gasteiger partial charge in [0, 0.05) is 12.2 Å². The fourth-order valence-corrected chi connectivity index (χ4v) is 2.03. The van der Waals surface area contributed by atoms with Gasteiger partial charge in [-0.3, -0.25) is 0 Å². The van der Waals surface area contributed by atoms with Crippen molar-refractivity contribution in [3.05, 3.63) is 45.8 Å². The van der Waals surface area contributed by atoms with Gasteiger partial charge in [0.25, 0.3) is 0 Å². The fourth-order valence-electron chi connectivity index (χ4n) is 1.36. The molecule has 0 spiro atoms. The molecule has 2 rings (SSSR count). The summed E-state index contributed by atoms with van der Waals surface area (Å²) in [5.74, 6) is 0.661. The largest absolute Gasteiger partial charge is 0.365 e. The Balaban J connectivity index is 2.15. The number of nitrogens with zero attached hydrogens (tertiary/aromatic N) is 2. The van der Waals surface area contributed by atoms with Crippen LogP contribution in [0.15, 0.2) is 29.0 Å². The van der Waals surface area contributed by atoms with E-state index in [2.05, 4.69) is 27.8 Å². The maximum absolute atomic E-state index is 8.94. The molecular weight excluding hydrogens is 218 g/mol. The number of aryl methyl sites for hydroxylation is 1. The van der Waals surface area contributed by atoms with Gasteiger partial charge < -0.3 is 5.32 Å². The summed E-state index contributed by atoms with van der Waals surface area (Å²) in [6.45, 7) is 2.62. The van der Waals surface area contributed by atoms with Crippen LogP contribution in [0.4, 0.5) is 5.82 Å². The predicted octanol–water partition coefficient (Wildman–Crippen LogP) is 2.94. The number of rotatable bonds is 3. The molecule has 0 aliphatic heterocycles. The zero-order valence-corrected chi connectivity index (χ0v) is 9.71. The van der Waals surface area contributed by atoms with Gasteiger partial charge in [-0.2, -0.15) is 16.6 Å². The Kier molecular flexibility index (Phi) is 3.18. The van der Waals surface area contributed by atoms with Crippen LogP contribution < -0.4 is 5.32 Å². The summed E-state index contributed by atoms with van der Waals surface area (Å²) in [5.41, 5.74) is 2.70. The topological polar surface area (TPSA) is 48.7 Å². The Hall–Kier alpha value is -1.86. The van der Waals surface area contributed by atoms with Gasteiger partial charge >= 0.3 is 0 Å². The number of nitrogens with one attached hydrogen (secondary N) is 1. The quantitative estimate of drug-likeness (QED) is 0.880. The monoisotopic (exact) mass is 229 g/mol. The van der Waals surface area contributed by atoms with E-state index in [1.807, 2.05) is 18.4 Å². The molecule has 0 aromatic carbocycles. The molecule has 2 aromatic heterocycles. The highest BCUT2D eigenvalue weighted by molar-refractivity contribution is 7.07. The summed E-state index contributed by atoms with van der Waals surface area (Å²) < 4.78 is 0. The normalized spacial score (nSPS) is 9.75. The average molecular weight is 229 g/mol. The molecule has 16 heavy (non-hydrogen) atoms. The minimum Gasteiger partial charge on any atom is -0.365 e. The SMILES string of the molecule is Cc1ccc(C#N)c(NCc2ccsc2)n1. The van der Waals surface area contributed by atoms with Crippen LogP contribution in [0.2, 0.25) is 0 Å². The van der Waals surface area contributed by atoms with Crippen LogP contribution >= 0.6 is 11.3 Å².